The Labute approximate surface area is 117 Å². The van der Waals surface area contributed by atoms with E-state index in [2.05, 4.69) is 26.2 Å². The molecule has 5 nitrogen and oxygen atoms in total. The first kappa shape index (κ1) is 13.0. The number of benzene rings is 1. The second-order valence-corrected chi connectivity index (χ2v) is 4.84. The lowest BCUT2D eigenvalue weighted by atomic mass is 10.2. The Balaban J connectivity index is 2.60. The van der Waals surface area contributed by atoms with Crippen molar-refractivity contribution in [2.24, 2.45) is 0 Å². The summed E-state index contributed by atoms with van der Waals surface area (Å²) < 4.78 is 2.23. The largest absolute Gasteiger partial charge is 0.476 e. The topological polar surface area (TPSA) is 68.0 Å². The van der Waals surface area contributed by atoms with Gasteiger partial charge in [0.05, 0.1) is 11.4 Å². The van der Waals surface area contributed by atoms with Crippen LogP contribution in [0.3, 0.4) is 0 Å². The summed E-state index contributed by atoms with van der Waals surface area (Å²) >= 11 is 9.24. The molecule has 2 rings (SSSR count). The predicted octanol–water partition coefficient (Wildman–Crippen LogP) is 2.94. The Kier molecular flexibility index (Phi) is 3.68. The molecule has 1 aromatic carbocycles. The highest BCUT2D eigenvalue weighted by molar-refractivity contribution is 9.10. The number of carbonyl (C=O) groups is 1. The van der Waals surface area contributed by atoms with Crippen LogP contribution in [-0.4, -0.2) is 26.1 Å². The molecule has 7 heteroatoms. The van der Waals surface area contributed by atoms with Crippen LogP contribution in [0.1, 0.15) is 23.1 Å². The first-order valence-corrected chi connectivity index (χ1v) is 6.35. The summed E-state index contributed by atoms with van der Waals surface area (Å²) in [6.45, 7) is 1.85. The Morgan fingerprint density at radius 2 is 2.28 bits per heavy atom. The first-order valence-electron chi connectivity index (χ1n) is 5.18. The predicted molar refractivity (Wildman–Crippen MR) is 70.4 cm³/mol. The molecule has 0 aliphatic rings. The minimum Gasteiger partial charge on any atom is -0.476 e. The average molecular weight is 331 g/mol. The molecule has 0 aliphatic carbocycles. The number of carboxylic acids is 1. The fraction of sp³-hybridized carbons (Fsp3) is 0.182. The number of rotatable bonds is 3. The summed E-state index contributed by atoms with van der Waals surface area (Å²) in [6.07, 6.45) is 0.518. The maximum absolute atomic E-state index is 11.0. The van der Waals surface area contributed by atoms with Crippen LogP contribution in [0.5, 0.6) is 0 Å². The molecular weight excluding hydrogens is 321 g/mol. The van der Waals surface area contributed by atoms with Gasteiger partial charge >= 0.3 is 5.97 Å². The van der Waals surface area contributed by atoms with Crippen molar-refractivity contribution in [2.75, 3.05) is 0 Å². The summed E-state index contributed by atoms with van der Waals surface area (Å²) in [5, 5.41) is 17.2. The van der Waals surface area contributed by atoms with E-state index < -0.39 is 5.97 Å². The number of aromatic nitrogens is 3. The third-order valence-electron chi connectivity index (χ3n) is 2.44. The van der Waals surface area contributed by atoms with E-state index in [1.807, 2.05) is 6.92 Å². The third kappa shape index (κ3) is 2.26. The van der Waals surface area contributed by atoms with E-state index >= 15 is 0 Å². The van der Waals surface area contributed by atoms with Crippen molar-refractivity contribution >= 4 is 33.5 Å². The van der Waals surface area contributed by atoms with Gasteiger partial charge < -0.3 is 5.11 Å². The van der Waals surface area contributed by atoms with Crippen LogP contribution in [-0.2, 0) is 6.42 Å². The molecule has 94 valence electrons. The van der Waals surface area contributed by atoms with E-state index in [0.717, 1.165) is 4.47 Å². The van der Waals surface area contributed by atoms with Gasteiger partial charge in [-0.15, -0.1) is 5.10 Å². The number of hydrogen-bond donors (Lipinski definition) is 1. The van der Waals surface area contributed by atoms with Crippen molar-refractivity contribution in [3.05, 3.63) is 39.1 Å². The van der Waals surface area contributed by atoms with Crippen molar-refractivity contribution < 1.29 is 9.90 Å². The molecule has 1 N–H and O–H groups in total. The number of halogens is 2. The molecule has 18 heavy (non-hydrogen) atoms. The van der Waals surface area contributed by atoms with Crippen molar-refractivity contribution in [2.45, 2.75) is 13.3 Å². The average Bonchev–Trinajstić information content (AvgIpc) is 2.72. The van der Waals surface area contributed by atoms with Gasteiger partial charge in [-0.2, -0.15) is 0 Å². The van der Waals surface area contributed by atoms with Crippen LogP contribution in [0.25, 0.3) is 5.69 Å². The first-order chi connectivity index (χ1) is 8.54. The molecule has 0 fully saturated rings. The minimum absolute atomic E-state index is 0.0284. The van der Waals surface area contributed by atoms with Gasteiger partial charge in [-0.3, -0.25) is 0 Å². The van der Waals surface area contributed by atoms with Gasteiger partial charge in [-0.05, 0) is 40.5 Å². The van der Waals surface area contributed by atoms with Crippen molar-refractivity contribution in [3.63, 3.8) is 0 Å². The standard InChI is InChI=1S/C11H9BrClN3O2/c1-2-8-10(11(17)18)14-15-16(8)9-4-3-6(13)5-7(9)12/h3-5H,2H2,1H3,(H,17,18). The molecule has 0 bridgehead atoms. The highest BCUT2D eigenvalue weighted by Crippen LogP contribution is 2.26. The molecule has 0 aliphatic heterocycles. The fourth-order valence-corrected chi connectivity index (χ4v) is 2.48. The van der Waals surface area contributed by atoms with Gasteiger partial charge in [0.25, 0.3) is 0 Å². The summed E-state index contributed by atoms with van der Waals surface area (Å²) in [7, 11) is 0. The van der Waals surface area contributed by atoms with Gasteiger partial charge in [-0.25, -0.2) is 9.48 Å². The maximum atomic E-state index is 11.0. The molecule has 1 aromatic heterocycles. The highest BCUT2D eigenvalue weighted by atomic mass is 79.9. The van der Waals surface area contributed by atoms with Gasteiger partial charge in [0.2, 0.25) is 0 Å². The number of nitrogens with zero attached hydrogens (tertiary/aromatic N) is 3. The normalized spacial score (nSPS) is 10.6. The molecule has 0 radical (unpaired) electrons. The monoisotopic (exact) mass is 329 g/mol. The lowest BCUT2D eigenvalue weighted by Crippen LogP contribution is -2.06. The second kappa shape index (κ2) is 5.07. The van der Waals surface area contributed by atoms with E-state index in [4.69, 9.17) is 16.7 Å². The lowest BCUT2D eigenvalue weighted by Gasteiger charge is -2.07. The van der Waals surface area contributed by atoms with Gasteiger partial charge in [-0.1, -0.05) is 23.7 Å². The number of hydrogen-bond acceptors (Lipinski definition) is 3. The zero-order valence-corrected chi connectivity index (χ0v) is 11.7. The number of carboxylic acid groups (broad SMARTS) is 1. The van der Waals surface area contributed by atoms with E-state index in [1.54, 1.807) is 18.2 Å². The highest BCUT2D eigenvalue weighted by Gasteiger charge is 2.19. The smallest absolute Gasteiger partial charge is 0.358 e. The summed E-state index contributed by atoms with van der Waals surface area (Å²) in [6, 6.07) is 5.19. The van der Waals surface area contributed by atoms with Crippen LogP contribution < -0.4 is 0 Å². The van der Waals surface area contributed by atoms with Gasteiger partial charge in [0.1, 0.15) is 0 Å². The molecule has 2 aromatic rings. The van der Waals surface area contributed by atoms with Crippen LogP contribution in [0.15, 0.2) is 22.7 Å². The Morgan fingerprint density at radius 1 is 1.56 bits per heavy atom. The Bertz CT molecular complexity index is 612. The van der Waals surface area contributed by atoms with Gasteiger partial charge in [0.15, 0.2) is 5.69 Å². The van der Waals surface area contributed by atoms with Crippen molar-refractivity contribution in [1.29, 1.82) is 0 Å². The summed E-state index contributed by atoms with van der Waals surface area (Å²) in [5.41, 5.74) is 1.22. The zero-order chi connectivity index (χ0) is 13.3. The molecule has 0 amide bonds. The molecule has 0 spiro atoms. The summed E-state index contributed by atoms with van der Waals surface area (Å²) in [4.78, 5) is 11.0. The Morgan fingerprint density at radius 3 is 2.83 bits per heavy atom. The summed E-state index contributed by atoms with van der Waals surface area (Å²) in [5.74, 6) is -1.08. The fourth-order valence-electron chi connectivity index (χ4n) is 1.63. The van der Waals surface area contributed by atoms with Gasteiger partial charge in [0, 0.05) is 9.50 Å². The molecule has 0 atom stereocenters. The zero-order valence-electron chi connectivity index (χ0n) is 9.39. The van der Waals surface area contributed by atoms with E-state index in [0.29, 0.717) is 22.8 Å². The number of aromatic carboxylic acids is 1. The third-order valence-corrected chi connectivity index (χ3v) is 3.31. The molecule has 1 heterocycles. The quantitative estimate of drug-likeness (QED) is 0.939. The molecular formula is C11H9BrClN3O2. The van der Waals surface area contributed by atoms with Crippen LogP contribution in [0.2, 0.25) is 5.02 Å². The van der Waals surface area contributed by atoms with Crippen molar-refractivity contribution in [1.82, 2.24) is 15.0 Å². The molecule has 0 unspecified atom stereocenters. The van der Waals surface area contributed by atoms with Crippen LogP contribution >= 0.6 is 27.5 Å². The second-order valence-electron chi connectivity index (χ2n) is 3.55. The Hall–Kier alpha value is -1.40. The van der Waals surface area contributed by atoms with Crippen LogP contribution in [0, 0.1) is 0 Å². The van der Waals surface area contributed by atoms with E-state index in [-0.39, 0.29) is 5.69 Å². The van der Waals surface area contributed by atoms with E-state index in [9.17, 15) is 4.79 Å². The van der Waals surface area contributed by atoms with E-state index in [1.165, 1.54) is 4.68 Å². The SMILES string of the molecule is CCc1c(C(=O)O)nnn1-c1ccc(Cl)cc1Br. The maximum Gasteiger partial charge on any atom is 0.358 e. The molecule has 0 saturated carbocycles. The minimum atomic E-state index is -1.08. The lowest BCUT2D eigenvalue weighted by molar-refractivity contribution is 0.0689. The van der Waals surface area contributed by atoms with Crippen molar-refractivity contribution in [3.8, 4) is 5.69 Å². The van der Waals surface area contributed by atoms with Crippen LogP contribution in [0.4, 0.5) is 0 Å². The molecule has 0 saturated heterocycles.